The summed E-state index contributed by atoms with van der Waals surface area (Å²) in [5, 5.41) is 0. The van der Waals surface area contributed by atoms with Crippen molar-refractivity contribution in [2.45, 2.75) is 39.7 Å². The van der Waals surface area contributed by atoms with Gasteiger partial charge in [0.15, 0.2) is 0 Å². The van der Waals surface area contributed by atoms with Gasteiger partial charge in [-0.15, -0.1) is 0 Å². The van der Waals surface area contributed by atoms with E-state index in [1.807, 2.05) is 11.0 Å². The summed E-state index contributed by atoms with van der Waals surface area (Å²) in [6.07, 6.45) is 1.59. The molecule has 0 aliphatic carbocycles. The van der Waals surface area contributed by atoms with Crippen LogP contribution in [0.5, 0.6) is 0 Å². The van der Waals surface area contributed by atoms with E-state index in [0.717, 1.165) is 18.7 Å². The van der Waals surface area contributed by atoms with Crippen LogP contribution in [-0.4, -0.2) is 31.4 Å². The average molecular weight is 274 g/mol. The van der Waals surface area contributed by atoms with Crippen molar-refractivity contribution in [3.05, 3.63) is 29.8 Å². The van der Waals surface area contributed by atoms with Gasteiger partial charge in [0.25, 0.3) is 0 Å². The van der Waals surface area contributed by atoms with E-state index >= 15 is 0 Å². The number of amides is 1. The third-order valence-corrected chi connectivity index (χ3v) is 3.82. The van der Waals surface area contributed by atoms with Gasteiger partial charge in [0, 0.05) is 24.7 Å². The summed E-state index contributed by atoms with van der Waals surface area (Å²) >= 11 is 0. The number of para-hydroxylation sites is 1. The Balaban J connectivity index is 2.30. The number of carbonyl (C=O) groups is 1. The molecule has 1 amide bonds. The van der Waals surface area contributed by atoms with Crippen LogP contribution in [0.15, 0.2) is 24.3 Å². The van der Waals surface area contributed by atoms with Gasteiger partial charge in [-0.1, -0.05) is 39.0 Å². The van der Waals surface area contributed by atoms with Gasteiger partial charge in [0.1, 0.15) is 0 Å². The highest BCUT2D eigenvalue weighted by Crippen LogP contribution is 2.37. The molecule has 0 fully saturated rings. The molecule has 0 saturated carbocycles. The number of hydrogen-bond acceptors (Lipinski definition) is 2. The van der Waals surface area contributed by atoms with Crippen LogP contribution in [0.2, 0.25) is 0 Å². The lowest BCUT2D eigenvalue weighted by atomic mass is 9.90. The normalized spacial score (nSPS) is 19.1. The number of hydrogen-bond donors (Lipinski definition) is 0. The molecule has 0 saturated heterocycles. The standard InChI is InChI=1S/C17H26N2O/c1-17(2,3)12-16(20)19-11-10-14(18(4)5)13-8-6-7-9-15(13)19/h6-9,14H,10-12H2,1-5H3. The van der Waals surface area contributed by atoms with Crippen molar-refractivity contribution in [2.24, 2.45) is 5.41 Å². The minimum atomic E-state index is 0.0322. The van der Waals surface area contributed by atoms with Crippen LogP contribution in [0.3, 0.4) is 0 Å². The van der Waals surface area contributed by atoms with Crippen molar-refractivity contribution in [1.29, 1.82) is 0 Å². The number of carbonyl (C=O) groups excluding carboxylic acids is 1. The van der Waals surface area contributed by atoms with Crippen LogP contribution in [0.25, 0.3) is 0 Å². The topological polar surface area (TPSA) is 23.6 Å². The Kier molecular flexibility index (Phi) is 4.19. The molecule has 1 heterocycles. The summed E-state index contributed by atoms with van der Waals surface area (Å²) < 4.78 is 0. The minimum Gasteiger partial charge on any atom is -0.312 e. The van der Waals surface area contributed by atoms with E-state index in [-0.39, 0.29) is 11.3 Å². The highest BCUT2D eigenvalue weighted by molar-refractivity contribution is 5.95. The fraction of sp³-hybridized carbons (Fsp3) is 0.588. The highest BCUT2D eigenvalue weighted by Gasteiger charge is 2.30. The number of benzene rings is 1. The fourth-order valence-corrected chi connectivity index (χ4v) is 2.89. The Hall–Kier alpha value is -1.35. The second-order valence-corrected chi connectivity index (χ2v) is 7.11. The molecule has 1 aromatic carbocycles. The van der Waals surface area contributed by atoms with Crippen LogP contribution in [0.1, 0.15) is 45.2 Å². The Morgan fingerprint density at radius 2 is 1.95 bits per heavy atom. The first-order valence-electron chi connectivity index (χ1n) is 7.35. The van der Waals surface area contributed by atoms with Crippen LogP contribution in [0.4, 0.5) is 5.69 Å². The van der Waals surface area contributed by atoms with Gasteiger partial charge in [0.05, 0.1) is 0 Å². The van der Waals surface area contributed by atoms with Crippen molar-refractivity contribution >= 4 is 11.6 Å². The molecule has 1 aliphatic heterocycles. The fourth-order valence-electron chi connectivity index (χ4n) is 2.89. The van der Waals surface area contributed by atoms with Gasteiger partial charge < -0.3 is 9.80 Å². The van der Waals surface area contributed by atoms with Crippen LogP contribution in [0, 0.1) is 5.41 Å². The maximum absolute atomic E-state index is 12.6. The maximum atomic E-state index is 12.6. The minimum absolute atomic E-state index is 0.0322. The van der Waals surface area contributed by atoms with Crippen LogP contribution >= 0.6 is 0 Å². The molecule has 1 atom stereocenters. The molecular weight excluding hydrogens is 248 g/mol. The molecule has 110 valence electrons. The lowest BCUT2D eigenvalue weighted by molar-refractivity contribution is -0.120. The summed E-state index contributed by atoms with van der Waals surface area (Å²) in [4.78, 5) is 16.8. The number of rotatable bonds is 2. The summed E-state index contributed by atoms with van der Waals surface area (Å²) in [6, 6.07) is 8.72. The van der Waals surface area contributed by atoms with Crippen LogP contribution < -0.4 is 4.90 Å². The molecule has 3 heteroatoms. The molecule has 0 aromatic heterocycles. The first-order valence-corrected chi connectivity index (χ1v) is 7.35. The van der Waals surface area contributed by atoms with Gasteiger partial charge >= 0.3 is 0 Å². The third-order valence-electron chi connectivity index (χ3n) is 3.82. The summed E-state index contributed by atoms with van der Waals surface area (Å²) in [6.45, 7) is 7.16. The van der Waals surface area contributed by atoms with E-state index in [2.05, 4.69) is 58.0 Å². The summed E-state index contributed by atoms with van der Waals surface area (Å²) in [5.74, 6) is 0.238. The molecule has 20 heavy (non-hydrogen) atoms. The number of anilines is 1. The Bertz CT molecular complexity index is 488. The maximum Gasteiger partial charge on any atom is 0.227 e. The van der Waals surface area contributed by atoms with E-state index in [9.17, 15) is 4.79 Å². The molecule has 1 aliphatic rings. The summed E-state index contributed by atoms with van der Waals surface area (Å²) in [7, 11) is 4.21. The predicted octanol–water partition coefficient (Wildman–Crippen LogP) is 3.46. The van der Waals surface area contributed by atoms with Crippen molar-refractivity contribution < 1.29 is 4.79 Å². The lowest BCUT2D eigenvalue weighted by Gasteiger charge is -2.38. The zero-order valence-corrected chi connectivity index (χ0v) is 13.3. The Morgan fingerprint density at radius 1 is 1.30 bits per heavy atom. The van der Waals surface area contributed by atoms with Crippen molar-refractivity contribution in [1.82, 2.24) is 4.90 Å². The first-order chi connectivity index (χ1) is 9.29. The smallest absolute Gasteiger partial charge is 0.227 e. The molecule has 0 bridgehead atoms. The average Bonchev–Trinajstić information content (AvgIpc) is 2.35. The molecule has 1 unspecified atom stereocenters. The molecule has 0 N–H and O–H groups in total. The predicted molar refractivity (Wildman–Crippen MR) is 83.9 cm³/mol. The largest absolute Gasteiger partial charge is 0.312 e. The van der Waals surface area contributed by atoms with Gasteiger partial charge in [-0.3, -0.25) is 4.79 Å². The van der Waals surface area contributed by atoms with E-state index in [0.29, 0.717) is 12.5 Å². The molecular formula is C17H26N2O. The molecule has 0 radical (unpaired) electrons. The molecule has 1 aromatic rings. The van der Waals surface area contributed by atoms with Crippen LogP contribution in [-0.2, 0) is 4.79 Å². The highest BCUT2D eigenvalue weighted by atomic mass is 16.2. The van der Waals surface area contributed by atoms with E-state index in [1.54, 1.807) is 0 Å². The molecule has 2 rings (SSSR count). The van der Waals surface area contributed by atoms with Crippen molar-refractivity contribution in [2.75, 3.05) is 25.5 Å². The SMILES string of the molecule is CN(C)C1CCN(C(=O)CC(C)(C)C)c2ccccc21. The van der Waals surface area contributed by atoms with Gasteiger partial charge in [-0.2, -0.15) is 0 Å². The van der Waals surface area contributed by atoms with Gasteiger partial charge in [0.2, 0.25) is 5.91 Å². The monoisotopic (exact) mass is 274 g/mol. The van der Waals surface area contributed by atoms with E-state index in [4.69, 9.17) is 0 Å². The molecule has 3 nitrogen and oxygen atoms in total. The zero-order chi connectivity index (χ0) is 14.9. The first kappa shape index (κ1) is 15.0. The molecule has 0 spiro atoms. The van der Waals surface area contributed by atoms with E-state index < -0.39 is 0 Å². The Morgan fingerprint density at radius 3 is 2.55 bits per heavy atom. The number of fused-ring (bicyclic) bond motifs is 1. The zero-order valence-electron chi connectivity index (χ0n) is 13.3. The van der Waals surface area contributed by atoms with Gasteiger partial charge in [-0.25, -0.2) is 0 Å². The third kappa shape index (κ3) is 3.21. The van der Waals surface area contributed by atoms with E-state index in [1.165, 1.54) is 5.56 Å². The van der Waals surface area contributed by atoms with Crippen molar-refractivity contribution in [3.8, 4) is 0 Å². The Labute approximate surface area is 122 Å². The quantitative estimate of drug-likeness (QED) is 0.824. The lowest BCUT2D eigenvalue weighted by Crippen LogP contribution is -2.40. The second kappa shape index (κ2) is 5.57. The summed E-state index contributed by atoms with van der Waals surface area (Å²) in [5.41, 5.74) is 2.39. The van der Waals surface area contributed by atoms with Gasteiger partial charge in [-0.05, 0) is 37.6 Å². The van der Waals surface area contributed by atoms with Crippen molar-refractivity contribution in [3.63, 3.8) is 0 Å². The second-order valence-electron chi connectivity index (χ2n) is 7.11. The number of nitrogens with zero attached hydrogens (tertiary/aromatic N) is 2.